The summed E-state index contributed by atoms with van der Waals surface area (Å²) in [6.07, 6.45) is 2.21. The second kappa shape index (κ2) is 45.6. The predicted molar refractivity (Wildman–Crippen MR) is 487 cm³/mol. The average molecular weight is 1790 g/mol. The number of aromatic hydroxyl groups is 2. The monoisotopic (exact) mass is 1790 g/mol. The number of rotatable bonds is 29. The highest BCUT2D eigenvalue weighted by Gasteiger charge is 2.40. The number of ether oxygens (including phenoxy) is 2. The van der Waals surface area contributed by atoms with Crippen LogP contribution in [-0.4, -0.2) is 164 Å². The highest BCUT2D eigenvalue weighted by atomic mass is 35.5. The van der Waals surface area contributed by atoms with Gasteiger partial charge in [0.05, 0.1) is 18.0 Å². The first-order valence-corrected chi connectivity index (χ1v) is 43.9. The molecule has 0 fully saturated rings. The average Bonchev–Trinajstić information content (AvgIpc) is 0.783. The van der Waals surface area contributed by atoms with Crippen molar-refractivity contribution in [3.8, 4) is 61.8 Å². The quantitative estimate of drug-likeness (QED) is 0.00709. The number of halogens is 3. The van der Waals surface area contributed by atoms with Crippen LogP contribution in [0.5, 0.6) is 17.2 Å². The number of amides is 6. The first-order valence-electron chi connectivity index (χ1n) is 42.6. The molecule has 2 aliphatic heterocycles. The number of fused-ring (bicyclic) bond motifs is 10. The molecule has 0 saturated heterocycles. The molecule has 10 rings (SSSR count). The lowest BCUT2D eigenvalue weighted by Gasteiger charge is -2.32. The van der Waals surface area contributed by atoms with Crippen LogP contribution in [0.1, 0.15) is 187 Å². The fourth-order valence-electron chi connectivity index (χ4n) is 15.4. The molecule has 10 atom stereocenters. The van der Waals surface area contributed by atoms with E-state index >= 15 is 0 Å². The minimum Gasteiger partial charge on any atom is -0.507 e. The number of aliphatic hydroxyl groups excluding tert-OH is 1. The van der Waals surface area contributed by atoms with Gasteiger partial charge in [-0.2, -0.15) is 0 Å². The molecule has 6 amide bonds. The van der Waals surface area contributed by atoms with Gasteiger partial charge in [0, 0.05) is 114 Å². The number of likely N-dealkylation sites (N-methyl/N-ethyl adjacent to an activating group) is 2. The number of hydrogen-bond acceptors (Lipinski definition) is 19. The van der Waals surface area contributed by atoms with Gasteiger partial charge in [-0.3, -0.25) is 57.5 Å². The van der Waals surface area contributed by atoms with Crippen molar-refractivity contribution in [3.05, 3.63) is 219 Å². The molecule has 8 aromatic rings. The van der Waals surface area contributed by atoms with Gasteiger partial charge in [-0.15, -0.1) is 11.6 Å². The number of nitrogens with zero attached hydrogens (tertiary/aromatic N) is 2. The number of benzene rings is 8. The molecule has 9 N–H and O–H groups in total. The highest BCUT2D eigenvalue weighted by Crippen LogP contribution is 2.43. The maximum absolute atomic E-state index is 14.9. The third-order valence-electron chi connectivity index (χ3n) is 22.8. The molecule has 0 aromatic heterocycles. The van der Waals surface area contributed by atoms with Gasteiger partial charge in [0.2, 0.25) is 35.4 Å². The Morgan fingerprint density at radius 2 is 0.929 bits per heavy atom. The Balaban J connectivity index is 0.000000289. The van der Waals surface area contributed by atoms with Crippen molar-refractivity contribution in [2.24, 2.45) is 29.4 Å². The van der Waals surface area contributed by atoms with Gasteiger partial charge in [0.1, 0.15) is 53.6 Å². The molecule has 8 bridgehead atoms. The predicted octanol–water partition coefficient (Wildman–Crippen LogP) is 15.5. The van der Waals surface area contributed by atoms with E-state index in [2.05, 4.69) is 21.3 Å². The fourth-order valence-corrected chi connectivity index (χ4v) is 15.9. The van der Waals surface area contributed by atoms with Crippen LogP contribution in [0.3, 0.4) is 0 Å². The van der Waals surface area contributed by atoms with Crippen molar-refractivity contribution in [1.82, 2.24) is 31.1 Å². The maximum atomic E-state index is 14.9. The summed E-state index contributed by atoms with van der Waals surface area (Å²) in [5.41, 5.74) is 13.2. The lowest BCUT2D eigenvalue weighted by atomic mass is 9.87. The SMILES string of the molecule is CCCCC[C@H](CC(=O)c1ccc(-c2ccc(Cl)cc2)cc1)C(=O)N(C)[C@@H]1C(=O)C[C@@H](C)C(=O)N[C@H](C(=O)N[C@@H](C)C(=O)CCl)Cc2ccc(C)c(c2)-c2cc1ccc2OC(=O)OC(C)(C)C.C[C@@H]1CC(=O)[C@@H](N(C)C(=O)[C@H](CCCCN)CC(=O)c2ccc(-c3ccc(Cl)cc3)cc2)c2ccc(O)c(c2)-c2cc(ccc2O)C[C@@H](C(=O)N[C@@H](C)C(=O)CO)NC1=O. The van der Waals surface area contributed by atoms with E-state index in [0.717, 1.165) is 40.7 Å². The number of Topliss-reactive ketones (excluding diaryl/α,β-unsaturated/α-hetero) is 6. The molecule has 8 aromatic carbocycles. The summed E-state index contributed by atoms with van der Waals surface area (Å²) < 4.78 is 11.4. The van der Waals surface area contributed by atoms with Crippen LogP contribution >= 0.6 is 34.8 Å². The molecule has 28 heteroatoms. The van der Waals surface area contributed by atoms with E-state index in [9.17, 15) is 77.6 Å². The third kappa shape index (κ3) is 26.9. The molecule has 0 aliphatic carbocycles. The van der Waals surface area contributed by atoms with E-state index < -0.39 is 137 Å². The number of unbranched alkanes of at least 4 members (excludes halogenated alkanes) is 3. The van der Waals surface area contributed by atoms with Gasteiger partial charge in [-0.1, -0.05) is 179 Å². The maximum Gasteiger partial charge on any atom is 0.514 e. The Morgan fingerprint density at radius 1 is 0.528 bits per heavy atom. The summed E-state index contributed by atoms with van der Waals surface area (Å²) in [6.45, 7) is 14.6. The summed E-state index contributed by atoms with van der Waals surface area (Å²) in [4.78, 5) is 182. The van der Waals surface area contributed by atoms with Gasteiger partial charge in [0.15, 0.2) is 34.7 Å². The number of nitrogens with two attached hydrogens (primary N) is 1. The number of phenolic OH excluding ortho intramolecular Hbond substituents is 2. The Kier molecular flexibility index (Phi) is 35.6. The van der Waals surface area contributed by atoms with Gasteiger partial charge in [-0.25, -0.2) is 4.79 Å². The van der Waals surface area contributed by atoms with Crippen LogP contribution in [0.4, 0.5) is 4.79 Å². The summed E-state index contributed by atoms with van der Waals surface area (Å²) in [5, 5.41) is 43.3. The standard InChI is InChI=1S/C53H61Cl2N3O9.C46H51ClN4O9/c1-9-10-11-12-39(29-44(59)37-17-15-35(16-18-37)36-19-22-40(55)23-20-36)51(64)58(8)48-38-21-24-47(66-52(65)67-53(5,6)7)42(28-38)41-26-34(14-13-31(41)2)27-43(50(63)56-33(4)46(61)30-54)57-49(62)32(3)25-45(48)60;1-26-20-41(56)43(51(3)46(60)33(6-4-5-19-48)24-40(55)31-10-8-29(9-11-31)30-12-15-34(47)16-13-30)32-14-18-39(54)36(23-32)35-21-28(7-17-38(35)53)22-37(50-44(26)58)45(59)49-27(2)42(57)25-52/h13-24,26,28,32-33,39,43,48H,9-12,25,27,29-30H2,1-8H3,(H,56,63)(H,57,62);7-18,21,23,26-27,33,37,43,52-54H,4-6,19-20,22,24-25,48H2,1-3H3,(H,49,59)(H,50,58)/t32-,33+,39-,43+,48+;26-,27+,33-,37+,43+/m11/s1. The van der Waals surface area contributed by atoms with E-state index in [1.54, 1.807) is 113 Å². The Labute approximate surface area is 755 Å². The normalized spacial score (nSPS) is 17.5. The van der Waals surface area contributed by atoms with Crippen molar-refractivity contribution in [2.45, 2.75) is 188 Å². The number of hydrogen-bond donors (Lipinski definition) is 8. The Hall–Kier alpha value is -11.7. The Bertz CT molecular complexity index is 5350. The molecule has 2 aliphatic rings. The van der Waals surface area contributed by atoms with Gasteiger partial charge >= 0.3 is 6.16 Å². The molecule has 672 valence electrons. The molecular formula is C99H112Cl3N7O18. The number of phenols is 2. The molecule has 0 spiro atoms. The van der Waals surface area contributed by atoms with Crippen molar-refractivity contribution in [1.29, 1.82) is 0 Å². The molecule has 2 heterocycles. The van der Waals surface area contributed by atoms with Crippen LogP contribution in [0, 0.1) is 30.6 Å². The molecular weight excluding hydrogens is 1680 g/mol. The largest absolute Gasteiger partial charge is 0.514 e. The van der Waals surface area contributed by atoms with Crippen LogP contribution in [0.2, 0.25) is 10.0 Å². The molecule has 25 nitrogen and oxygen atoms in total. The Morgan fingerprint density at radius 3 is 1.36 bits per heavy atom. The van der Waals surface area contributed by atoms with Gasteiger partial charge in [-0.05, 0) is 184 Å². The number of aryl methyl sites for hydroxylation is 1. The summed E-state index contributed by atoms with van der Waals surface area (Å²) in [5.74, 6) is -10.4. The zero-order chi connectivity index (χ0) is 92.8. The van der Waals surface area contributed by atoms with Crippen molar-refractivity contribution < 1.29 is 87.1 Å². The van der Waals surface area contributed by atoms with Crippen LogP contribution in [0.25, 0.3) is 44.5 Å². The zero-order valence-corrected chi connectivity index (χ0v) is 75.6. The lowest BCUT2D eigenvalue weighted by molar-refractivity contribution is -0.142. The van der Waals surface area contributed by atoms with E-state index in [1.165, 1.54) is 75.0 Å². The third-order valence-corrected chi connectivity index (χ3v) is 23.5. The smallest absolute Gasteiger partial charge is 0.507 e. The first-order chi connectivity index (χ1) is 60.3. The topological polar surface area (TPSA) is 382 Å². The minimum atomic E-state index is -1.30. The second-order valence-electron chi connectivity index (χ2n) is 33.8. The van der Waals surface area contributed by atoms with E-state index in [1.807, 2.05) is 68.4 Å². The zero-order valence-electron chi connectivity index (χ0n) is 73.3. The number of carbonyl (C=O) groups is 13. The summed E-state index contributed by atoms with van der Waals surface area (Å²) in [7, 11) is 2.98. The van der Waals surface area contributed by atoms with E-state index in [4.69, 9.17) is 50.0 Å². The van der Waals surface area contributed by atoms with Gasteiger partial charge < -0.3 is 61.6 Å². The van der Waals surface area contributed by atoms with Crippen LogP contribution < -0.4 is 31.7 Å². The highest BCUT2D eigenvalue weighted by molar-refractivity contribution is 6.31. The minimum absolute atomic E-state index is 0.000247. The number of carbonyl (C=O) groups excluding carboxylic acids is 13. The number of ketones is 6. The van der Waals surface area contributed by atoms with Crippen molar-refractivity contribution in [2.75, 3.05) is 33.1 Å². The van der Waals surface area contributed by atoms with Crippen LogP contribution in [0.15, 0.2) is 170 Å². The first kappa shape index (κ1) is 99.0. The molecule has 0 unspecified atom stereocenters. The summed E-state index contributed by atoms with van der Waals surface area (Å²) in [6, 6.07) is 41.0. The lowest BCUT2D eigenvalue weighted by Crippen LogP contribution is -2.53. The van der Waals surface area contributed by atoms with Crippen molar-refractivity contribution >= 4 is 111 Å². The van der Waals surface area contributed by atoms with Gasteiger partial charge in [0.25, 0.3) is 0 Å². The summed E-state index contributed by atoms with van der Waals surface area (Å²) >= 11 is 17.9. The van der Waals surface area contributed by atoms with E-state index in [0.29, 0.717) is 93.2 Å². The second-order valence-corrected chi connectivity index (χ2v) is 34.9. The molecule has 0 saturated carbocycles. The fraction of sp³-hybridized carbons (Fsp3) is 0.384. The number of aliphatic hydroxyl groups is 1. The number of alkyl halides is 1. The van der Waals surface area contributed by atoms with E-state index in [-0.39, 0.29) is 84.3 Å². The molecule has 127 heavy (non-hydrogen) atoms. The molecule has 0 radical (unpaired) electrons. The van der Waals surface area contributed by atoms with Crippen LogP contribution in [-0.2, 0) is 65.5 Å². The van der Waals surface area contributed by atoms with Crippen molar-refractivity contribution in [3.63, 3.8) is 0 Å². The number of nitrogens with one attached hydrogen (secondary N) is 4.